The summed E-state index contributed by atoms with van der Waals surface area (Å²) < 4.78 is 39.3. The van der Waals surface area contributed by atoms with E-state index in [1.807, 2.05) is 20.8 Å². The van der Waals surface area contributed by atoms with Gasteiger partial charge in [-0.15, -0.1) is 0 Å². The first-order valence-electron chi connectivity index (χ1n) is 8.16. The Bertz CT molecular complexity index is 874. The minimum absolute atomic E-state index is 0.108. The molecule has 142 valence electrons. The highest BCUT2D eigenvalue weighted by molar-refractivity contribution is 7.92. The average Bonchev–Trinajstić information content (AvgIpc) is 3.07. The fourth-order valence-electron chi connectivity index (χ4n) is 2.22. The largest absolute Gasteiger partial charge is 0.482 e. The molecule has 1 N–H and O–H groups in total. The quantitative estimate of drug-likeness (QED) is 0.705. The Balaban J connectivity index is 2.21. The second-order valence-corrected chi connectivity index (χ2v) is 7.58. The minimum Gasteiger partial charge on any atom is -0.482 e. The summed E-state index contributed by atoms with van der Waals surface area (Å²) in [7, 11) is -2.49. The van der Waals surface area contributed by atoms with E-state index >= 15 is 0 Å². The van der Waals surface area contributed by atoms with Gasteiger partial charge in [-0.25, -0.2) is 13.2 Å². The van der Waals surface area contributed by atoms with Gasteiger partial charge in [0.05, 0.1) is 23.9 Å². The van der Waals surface area contributed by atoms with E-state index in [1.54, 1.807) is 10.9 Å². The molecule has 0 bridgehead atoms. The highest BCUT2D eigenvalue weighted by Gasteiger charge is 2.18. The number of carbonyl (C=O) groups excluding carboxylic acids is 1. The second kappa shape index (κ2) is 8.22. The number of nitrogens with one attached hydrogen (secondary N) is 1. The number of anilines is 1. The minimum atomic E-state index is -3.76. The first kappa shape index (κ1) is 19.8. The Morgan fingerprint density at radius 1 is 1.35 bits per heavy atom. The summed E-state index contributed by atoms with van der Waals surface area (Å²) in [5, 5.41) is 4.12. The fraction of sp³-hybridized carbons (Fsp3) is 0.412. The van der Waals surface area contributed by atoms with E-state index in [9.17, 15) is 13.2 Å². The Morgan fingerprint density at radius 3 is 2.65 bits per heavy atom. The Labute approximate surface area is 153 Å². The summed E-state index contributed by atoms with van der Waals surface area (Å²) in [5.41, 5.74) is 1.07. The topological polar surface area (TPSA) is 99.5 Å². The predicted molar refractivity (Wildman–Crippen MR) is 96.8 cm³/mol. The van der Waals surface area contributed by atoms with Crippen molar-refractivity contribution in [3.63, 3.8) is 0 Å². The monoisotopic (exact) mass is 381 g/mol. The standard InChI is InChI=1S/C17H23N3O5S/c1-5-13-8-15(6-7-16(13)25-11-17(21)24-4)26(22,23)19-14-9-18-20(10-14)12(2)3/h6-10,12,19H,5,11H2,1-4H3. The number of benzene rings is 1. The molecule has 0 atom stereocenters. The van der Waals surface area contributed by atoms with Gasteiger partial charge in [-0.3, -0.25) is 9.40 Å². The van der Waals surface area contributed by atoms with E-state index in [1.165, 1.54) is 31.5 Å². The molecule has 0 aliphatic carbocycles. The lowest BCUT2D eigenvalue weighted by Crippen LogP contribution is -2.15. The number of nitrogens with zero attached hydrogens (tertiary/aromatic N) is 2. The first-order valence-corrected chi connectivity index (χ1v) is 9.64. The normalized spacial score (nSPS) is 11.4. The lowest BCUT2D eigenvalue weighted by molar-refractivity contribution is -0.142. The smallest absolute Gasteiger partial charge is 0.343 e. The maximum Gasteiger partial charge on any atom is 0.343 e. The molecule has 0 amide bonds. The molecule has 0 unspecified atom stereocenters. The zero-order chi connectivity index (χ0) is 19.3. The van der Waals surface area contributed by atoms with Crippen LogP contribution in [0.25, 0.3) is 0 Å². The van der Waals surface area contributed by atoms with Crippen molar-refractivity contribution in [3.05, 3.63) is 36.2 Å². The molecule has 1 aromatic heterocycles. The van der Waals surface area contributed by atoms with Crippen LogP contribution in [0.1, 0.15) is 32.4 Å². The lowest BCUT2D eigenvalue weighted by atomic mass is 10.1. The Morgan fingerprint density at radius 2 is 2.08 bits per heavy atom. The predicted octanol–water partition coefficient (Wildman–Crippen LogP) is 2.38. The zero-order valence-electron chi connectivity index (χ0n) is 15.2. The SMILES string of the molecule is CCc1cc(S(=O)(=O)Nc2cnn(C(C)C)c2)ccc1OCC(=O)OC. The number of hydrogen-bond donors (Lipinski definition) is 1. The van der Waals surface area contributed by atoms with Crippen LogP contribution in [0.5, 0.6) is 5.75 Å². The Kier molecular flexibility index (Phi) is 6.25. The van der Waals surface area contributed by atoms with Gasteiger partial charge in [0.1, 0.15) is 5.75 Å². The summed E-state index contributed by atoms with van der Waals surface area (Å²) in [6.07, 6.45) is 3.65. The third kappa shape index (κ3) is 4.75. The summed E-state index contributed by atoms with van der Waals surface area (Å²) in [6, 6.07) is 4.63. The Hall–Kier alpha value is -2.55. The van der Waals surface area contributed by atoms with E-state index < -0.39 is 16.0 Å². The highest BCUT2D eigenvalue weighted by Crippen LogP contribution is 2.25. The number of sulfonamides is 1. The fourth-order valence-corrected chi connectivity index (χ4v) is 3.30. The molecule has 2 aromatic rings. The number of ether oxygens (including phenoxy) is 2. The molecule has 1 aromatic carbocycles. The number of aryl methyl sites for hydroxylation is 1. The molecule has 0 aliphatic heterocycles. The molecule has 9 heteroatoms. The van der Waals surface area contributed by atoms with Crippen molar-refractivity contribution >= 4 is 21.7 Å². The zero-order valence-corrected chi connectivity index (χ0v) is 16.0. The van der Waals surface area contributed by atoms with Crippen LogP contribution in [-0.2, 0) is 26.0 Å². The van der Waals surface area contributed by atoms with Gasteiger partial charge in [-0.2, -0.15) is 5.10 Å². The van der Waals surface area contributed by atoms with Gasteiger partial charge >= 0.3 is 5.97 Å². The average molecular weight is 381 g/mol. The van der Waals surface area contributed by atoms with Crippen molar-refractivity contribution in [1.29, 1.82) is 0 Å². The first-order chi connectivity index (χ1) is 12.3. The van der Waals surface area contributed by atoms with Crippen LogP contribution in [-0.4, -0.2) is 37.9 Å². The number of rotatable bonds is 8. The van der Waals surface area contributed by atoms with Crippen LogP contribution in [0.3, 0.4) is 0 Å². The number of methoxy groups -OCH3 is 1. The number of carbonyl (C=O) groups is 1. The van der Waals surface area contributed by atoms with Crippen LogP contribution < -0.4 is 9.46 Å². The molecule has 0 aliphatic rings. The van der Waals surface area contributed by atoms with E-state index in [-0.39, 0.29) is 17.5 Å². The molecule has 1 heterocycles. The van der Waals surface area contributed by atoms with E-state index in [2.05, 4.69) is 14.6 Å². The molecule has 0 fully saturated rings. The van der Waals surface area contributed by atoms with Gasteiger partial charge in [0.2, 0.25) is 0 Å². The van der Waals surface area contributed by atoms with Gasteiger partial charge in [0, 0.05) is 12.2 Å². The highest BCUT2D eigenvalue weighted by atomic mass is 32.2. The van der Waals surface area contributed by atoms with Gasteiger partial charge in [-0.1, -0.05) is 6.92 Å². The molecule has 26 heavy (non-hydrogen) atoms. The molecule has 2 rings (SSSR count). The molecule has 0 radical (unpaired) electrons. The number of hydrogen-bond acceptors (Lipinski definition) is 6. The molecular formula is C17H23N3O5S. The van der Waals surface area contributed by atoms with Crippen LogP contribution in [0.2, 0.25) is 0 Å². The van der Waals surface area contributed by atoms with Crippen molar-refractivity contribution in [2.24, 2.45) is 0 Å². The van der Waals surface area contributed by atoms with E-state index in [0.29, 0.717) is 23.4 Å². The van der Waals surface area contributed by atoms with Crippen molar-refractivity contribution < 1.29 is 22.7 Å². The molecule has 0 spiro atoms. The van der Waals surface area contributed by atoms with Crippen molar-refractivity contribution in [1.82, 2.24) is 9.78 Å². The van der Waals surface area contributed by atoms with E-state index in [0.717, 1.165) is 0 Å². The summed E-state index contributed by atoms with van der Waals surface area (Å²) in [4.78, 5) is 11.3. The van der Waals surface area contributed by atoms with Crippen molar-refractivity contribution in [2.45, 2.75) is 38.1 Å². The lowest BCUT2D eigenvalue weighted by Gasteiger charge is -2.12. The molecule has 0 saturated carbocycles. The van der Waals surface area contributed by atoms with Gasteiger partial charge < -0.3 is 9.47 Å². The number of esters is 1. The van der Waals surface area contributed by atoms with Gasteiger partial charge in [0.25, 0.3) is 10.0 Å². The third-order valence-corrected chi connectivity index (χ3v) is 5.06. The summed E-state index contributed by atoms with van der Waals surface area (Å²) in [6.45, 7) is 5.54. The number of aromatic nitrogens is 2. The molecular weight excluding hydrogens is 358 g/mol. The van der Waals surface area contributed by atoms with Crippen LogP contribution >= 0.6 is 0 Å². The summed E-state index contributed by atoms with van der Waals surface area (Å²) >= 11 is 0. The van der Waals surface area contributed by atoms with E-state index in [4.69, 9.17) is 4.74 Å². The van der Waals surface area contributed by atoms with Crippen molar-refractivity contribution in [2.75, 3.05) is 18.4 Å². The maximum atomic E-state index is 12.6. The van der Waals surface area contributed by atoms with Gasteiger partial charge in [0.15, 0.2) is 6.61 Å². The van der Waals surface area contributed by atoms with Crippen molar-refractivity contribution in [3.8, 4) is 5.75 Å². The van der Waals surface area contributed by atoms with Crippen LogP contribution in [0, 0.1) is 0 Å². The second-order valence-electron chi connectivity index (χ2n) is 5.90. The van der Waals surface area contributed by atoms with Gasteiger partial charge in [-0.05, 0) is 44.0 Å². The molecule has 8 nitrogen and oxygen atoms in total. The van der Waals surface area contributed by atoms with Crippen LogP contribution in [0.15, 0.2) is 35.5 Å². The van der Waals surface area contributed by atoms with Crippen LogP contribution in [0.4, 0.5) is 5.69 Å². The maximum absolute atomic E-state index is 12.6. The third-order valence-electron chi connectivity index (χ3n) is 3.68. The summed E-state index contributed by atoms with van der Waals surface area (Å²) in [5.74, 6) is -0.0583. The molecule has 0 saturated heterocycles.